The molecule has 1 fully saturated rings. The van der Waals surface area contributed by atoms with Crippen LogP contribution in [0.4, 0.5) is 5.69 Å². The Labute approximate surface area is 222 Å². The minimum Gasteiger partial charge on any atom is -0.471 e. The van der Waals surface area contributed by atoms with Crippen LogP contribution in [-0.4, -0.2) is 27.2 Å². The number of hydrogen-bond acceptors (Lipinski definition) is 4. The number of halogens is 1. The molecule has 1 aromatic heterocycles. The summed E-state index contributed by atoms with van der Waals surface area (Å²) < 4.78 is 6.68. The number of ether oxygens (including phenoxy) is 1. The molecule has 3 aromatic rings. The molecule has 1 saturated carbocycles. The average Bonchev–Trinajstić information content (AvgIpc) is 2.88. The van der Waals surface area contributed by atoms with E-state index in [0.717, 1.165) is 54.4 Å². The van der Waals surface area contributed by atoms with Crippen molar-refractivity contribution >= 4 is 23.2 Å². The van der Waals surface area contributed by atoms with Gasteiger partial charge in [0.2, 0.25) is 5.88 Å². The predicted octanol–water partition coefficient (Wildman–Crippen LogP) is 7.03. The summed E-state index contributed by atoms with van der Waals surface area (Å²) in [6.45, 7) is 10.3. The third kappa shape index (κ3) is 5.07. The first-order valence-electron chi connectivity index (χ1n) is 12.7. The maximum Gasteiger partial charge on any atom is 0.251 e. The molecule has 1 unspecified atom stereocenters. The van der Waals surface area contributed by atoms with Gasteiger partial charge in [0.25, 0.3) is 5.91 Å². The number of aromatic nitrogens is 1. The summed E-state index contributed by atoms with van der Waals surface area (Å²) in [5.74, 6) is 0.0556. The summed E-state index contributed by atoms with van der Waals surface area (Å²) in [4.78, 5) is 21.5. The van der Waals surface area contributed by atoms with E-state index in [1.165, 1.54) is 13.8 Å². The lowest BCUT2D eigenvalue weighted by Gasteiger charge is -2.44. The van der Waals surface area contributed by atoms with E-state index in [4.69, 9.17) is 27.9 Å². The molecule has 2 aromatic carbocycles. The molecule has 0 bridgehead atoms. The van der Waals surface area contributed by atoms with E-state index < -0.39 is 17.1 Å². The van der Waals surface area contributed by atoms with Gasteiger partial charge < -0.3 is 15.2 Å². The second kappa shape index (κ2) is 9.81. The van der Waals surface area contributed by atoms with E-state index >= 15 is 0 Å². The minimum absolute atomic E-state index is 0.366. The third-order valence-corrected chi connectivity index (χ3v) is 7.67. The summed E-state index contributed by atoms with van der Waals surface area (Å²) >= 11 is 6.63. The van der Waals surface area contributed by atoms with Gasteiger partial charge in [0.15, 0.2) is 5.69 Å². The topological polar surface area (TPSA) is 75.8 Å². The molecule has 2 N–H and O–H groups in total. The van der Waals surface area contributed by atoms with Crippen molar-refractivity contribution in [2.75, 3.05) is 0 Å². The first-order valence-corrected chi connectivity index (χ1v) is 13.1. The minimum atomic E-state index is -1.51. The van der Waals surface area contributed by atoms with E-state index in [9.17, 15) is 9.90 Å². The van der Waals surface area contributed by atoms with E-state index in [-0.39, 0.29) is 6.04 Å². The lowest BCUT2D eigenvalue weighted by atomic mass is 9.77. The molecule has 0 saturated heterocycles. The zero-order chi connectivity index (χ0) is 26.2. The van der Waals surface area contributed by atoms with Crippen LogP contribution < -0.4 is 10.1 Å². The molecule has 37 heavy (non-hydrogen) atoms. The van der Waals surface area contributed by atoms with Crippen LogP contribution in [0.25, 0.3) is 27.2 Å². The first-order chi connectivity index (χ1) is 17.7. The van der Waals surface area contributed by atoms with Crippen molar-refractivity contribution < 1.29 is 14.6 Å². The smallest absolute Gasteiger partial charge is 0.251 e. The van der Waals surface area contributed by atoms with Gasteiger partial charge in [0, 0.05) is 28.1 Å². The summed E-state index contributed by atoms with van der Waals surface area (Å²) in [5.41, 5.74) is 2.56. The van der Waals surface area contributed by atoms with Gasteiger partial charge in [-0.05, 0) is 57.2 Å². The van der Waals surface area contributed by atoms with Crippen LogP contribution in [-0.2, 0) is 4.79 Å². The molecule has 2 aliphatic rings. The third-order valence-electron chi connectivity index (χ3n) is 7.34. The highest BCUT2D eigenvalue weighted by atomic mass is 35.5. The van der Waals surface area contributed by atoms with E-state index in [1.54, 1.807) is 12.1 Å². The second-order valence-electron chi connectivity index (χ2n) is 10.6. The number of carbonyl (C=O) groups is 1. The monoisotopic (exact) mass is 515 g/mol. The van der Waals surface area contributed by atoms with Crippen LogP contribution >= 0.6 is 11.6 Å². The highest BCUT2D eigenvalue weighted by molar-refractivity contribution is 6.33. The van der Waals surface area contributed by atoms with Gasteiger partial charge in [-0.3, -0.25) is 4.79 Å². The van der Waals surface area contributed by atoms with E-state index in [2.05, 4.69) is 10.2 Å². The van der Waals surface area contributed by atoms with Gasteiger partial charge in [-0.25, -0.2) is 9.83 Å². The number of hydrogen-bond donors (Lipinski definition) is 2. The highest BCUT2D eigenvalue weighted by Gasteiger charge is 2.44. The molecule has 2 heterocycles. The van der Waals surface area contributed by atoms with Crippen molar-refractivity contribution in [2.24, 2.45) is 0 Å². The van der Waals surface area contributed by atoms with E-state index in [1.807, 2.05) is 42.5 Å². The van der Waals surface area contributed by atoms with Gasteiger partial charge >= 0.3 is 0 Å². The summed E-state index contributed by atoms with van der Waals surface area (Å²) in [6, 6.07) is 16.6. The Morgan fingerprint density at radius 2 is 1.84 bits per heavy atom. The lowest BCUT2D eigenvalue weighted by Crippen LogP contribution is -2.50. The van der Waals surface area contributed by atoms with Crippen LogP contribution in [0.3, 0.4) is 0 Å². The zero-order valence-electron chi connectivity index (χ0n) is 21.1. The number of carbonyl (C=O) groups excluding carboxylic acids is 1. The number of nitrogens with zero attached hydrogens (tertiary/aromatic N) is 2. The summed E-state index contributed by atoms with van der Waals surface area (Å²) in [6.07, 6.45) is 5.69. The van der Waals surface area contributed by atoms with Gasteiger partial charge in [0.1, 0.15) is 11.2 Å². The van der Waals surface area contributed by atoms with Crippen molar-refractivity contribution in [1.29, 1.82) is 0 Å². The lowest BCUT2D eigenvalue weighted by molar-refractivity contribution is -0.138. The molecule has 1 spiro atoms. The fraction of sp³-hybridized carbons (Fsp3) is 0.367. The van der Waals surface area contributed by atoms with Crippen molar-refractivity contribution in [1.82, 2.24) is 10.3 Å². The van der Waals surface area contributed by atoms with Gasteiger partial charge in [-0.1, -0.05) is 60.5 Å². The van der Waals surface area contributed by atoms with Crippen molar-refractivity contribution in [3.05, 3.63) is 76.6 Å². The maximum absolute atomic E-state index is 12.9. The number of aliphatic hydroxyl groups is 1. The fourth-order valence-corrected chi connectivity index (χ4v) is 5.56. The van der Waals surface area contributed by atoms with Gasteiger partial charge in [-0.2, -0.15) is 0 Å². The number of pyridine rings is 1. The molecule has 1 amide bonds. The van der Waals surface area contributed by atoms with Crippen molar-refractivity contribution in [3.8, 4) is 28.3 Å². The summed E-state index contributed by atoms with van der Waals surface area (Å²) in [7, 11) is 0. The van der Waals surface area contributed by atoms with Crippen LogP contribution in [0.2, 0.25) is 5.02 Å². The van der Waals surface area contributed by atoms with Gasteiger partial charge in [0.05, 0.1) is 18.3 Å². The Balaban J connectivity index is 1.70. The second-order valence-corrected chi connectivity index (χ2v) is 11.0. The van der Waals surface area contributed by atoms with Gasteiger partial charge in [-0.15, -0.1) is 0 Å². The quantitative estimate of drug-likeness (QED) is 0.365. The number of fused-ring (bicyclic) bond motifs is 1. The maximum atomic E-state index is 12.9. The van der Waals surface area contributed by atoms with Crippen LogP contribution in [0.1, 0.15) is 64.0 Å². The molecule has 1 atom stereocenters. The van der Waals surface area contributed by atoms with Crippen LogP contribution in [0.5, 0.6) is 5.88 Å². The molecule has 7 heteroatoms. The van der Waals surface area contributed by atoms with Crippen LogP contribution in [0, 0.1) is 6.57 Å². The fourth-order valence-electron chi connectivity index (χ4n) is 5.33. The Morgan fingerprint density at radius 3 is 2.49 bits per heavy atom. The zero-order valence-corrected chi connectivity index (χ0v) is 21.8. The number of amides is 1. The van der Waals surface area contributed by atoms with E-state index in [0.29, 0.717) is 28.7 Å². The molecule has 190 valence electrons. The Bertz CT molecular complexity index is 1370. The molecular weight excluding hydrogens is 486 g/mol. The molecule has 0 radical (unpaired) electrons. The number of nitrogens with one attached hydrogen (secondary N) is 1. The number of rotatable bonds is 4. The average molecular weight is 516 g/mol. The molecule has 1 aliphatic carbocycles. The molecular formula is C30H30ClN3O3. The molecule has 6 nitrogen and oxygen atoms in total. The van der Waals surface area contributed by atoms with Crippen molar-refractivity contribution in [2.45, 2.75) is 69.6 Å². The number of benzene rings is 2. The van der Waals surface area contributed by atoms with Crippen molar-refractivity contribution in [3.63, 3.8) is 0 Å². The molecule has 1 aliphatic heterocycles. The SMILES string of the molecule is [C-]#[N+]c1ccc(-c2cc3c(nc2-c2ccccc2Cl)OC2(CCCCC2)CC3NC(=O)C(C)(C)O)cc1. The molecule has 5 rings (SSSR count). The first kappa shape index (κ1) is 25.3. The Kier molecular flexibility index (Phi) is 6.70. The normalized spacial score (nSPS) is 18.4. The Hall–Kier alpha value is -3.40. The van der Waals surface area contributed by atoms with Crippen LogP contribution in [0.15, 0.2) is 54.6 Å². The standard InChI is InChI=1S/C30H30ClN3O3/c1-29(2,36)28(35)33-25-18-30(15-7-4-8-16-30)37-27-23(25)17-22(19-11-13-20(32-3)14-12-19)26(34-27)21-9-5-6-10-24(21)31/h5-6,9-14,17,25,36H,4,7-8,15-16,18H2,1-2H3,(H,33,35). The predicted molar refractivity (Wildman–Crippen MR) is 145 cm³/mol. The highest BCUT2D eigenvalue weighted by Crippen LogP contribution is 2.48. The Morgan fingerprint density at radius 1 is 1.14 bits per heavy atom. The largest absolute Gasteiger partial charge is 0.471 e. The summed E-state index contributed by atoms with van der Waals surface area (Å²) in [5, 5.41) is 14.0.